The number of hydrogen-bond acceptors (Lipinski definition) is 3. The van der Waals surface area contributed by atoms with Crippen LogP contribution in [0, 0.1) is 38.6 Å². The molecule has 10 rings (SSSR count). The smallest absolute Gasteiger partial charge is 0.413 e. The molecule has 0 atom stereocenters. The van der Waals surface area contributed by atoms with Crippen LogP contribution >= 0.6 is 0 Å². The fraction of sp³-hybridized carbons (Fsp3) is 0.0926. The Bertz CT molecular complexity index is 2940. The van der Waals surface area contributed by atoms with Crippen molar-refractivity contribution in [1.82, 2.24) is 29.3 Å². The van der Waals surface area contributed by atoms with E-state index in [0.717, 1.165) is 45.3 Å². The van der Waals surface area contributed by atoms with Crippen LogP contribution < -0.4 is 14.2 Å². The van der Waals surface area contributed by atoms with Crippen molar-refractivity contribution in [3.8, 4) is 67.9 Å². The molecule has 12 heteroatoms. The Morgan fingerprint density at radius 1 is 0.545 bits per heavy atom. The second-order valence-corrected chi connectivity index (χ2v) is 15.0. The van der Waals surface area contributed by atoms with Crippen molar-refractivity contribution in [3.63, 3.8) is 0 Å². The number of halogens is 3. The summed E-state index contributed by atoms with van der Waals surface area (Å²) in [6.45, 7) is 4.20. The van der Waals surface area contributed by atoms with Crippen molar-refractivity contribution in [2.75, 3.05) is 0 Å². The molecule has 0 spiro atoms. The van der Waals surface area contributed by atoms with Gasteiger partial charge in [0.15, 0.2) is 0 Å². The van der Waals surface area contributed by atoms with Crippen LogP contribution in [-0.4, -0.2) is 24.2 Å². The third-order valence-electron chi connectivity index (χ3n) is 10.2. The average Bonchev–Trinajstić information content (AvgIpc) is 4.07. The molecule has 0 fully saturated rings. The third kappa shape index (κ3) is 10.7. The molecule has 0 bridgehead atoms. The standard InChI is InChI=1S/2C23H19N2.C8H4F3N4.Ir/c2*1-18-10-9-15-21(16-18)25-17-24(2)22(19-11-5-3-6-12-19)23(25)20-13-7-4-8-14-20;9-8(10,11)7-13-6(14-15-7)5-3-1-2-4-12-5;/h2*3-14,16H,1-2H3;1-4H;/q3*-1;. The molecule has 4 aromatic heterocycles. The van der Waals surface area contributed by atoms with Gasteiger partial charge in [-0.15, -0.1) is 0 Å². The van der Waals surface area contributed by atoms with E-state index in [1.165, 1.54) is 34.5 Å². The minimum absolute atomic E-state index is 0. The predicted octanol–water partition coefficient (Wildman–Crippen LogP) is 10.6. The molecule has 0 amide bonds. The third-order valence-corrected chi connectivity index (χ3v) is 10.2. The second-order valence-electron chi connectivity index (χ2n) is 15.0. The summed E-state index contributed by atoms with van der Waals surface area (Å²) in [5.74, 6) is -1.37. The monoisotopic (exact) mass is 1050 g/mol. The number of imidazole rings is 2. The van der Waals surface area contributed by atoms with Crippen LogP contribution in [0.1, 0.15) is 17.0 Å². The van der Waals surface area contributed by atoms with Crippen molar-refractivity contribution < 1.29 is 42.4 Å². The molecule has 0 saturated heterocycles. The first-order valence-electron chi connectivity index (χ1n) is 20.7. The maximum absolute atomic E-state index is 12.1. The van der Waals surface area contributed by atoms with Crippen LogP contribution in [0.5, 0.6) is 0 Å². The van der Waals surface area contributed by atoms with Gasteiger partial charge in [-0.1, -0.05) is 153 Å². The first-order chi connectivity index (χ1) is 31.5. The molecular weight excluding hydrogens is 1010 g/mol. The maximum atomic E-state index is 12.1. The van der Waals surface area contributed by atoms with E-state index in [-0.39, 0.29) is 31.6 Å². The van der Waals surface area contributed by atoms with E-state index in [9.17, 15) is 13.2 Å². The van der Waals surface area contributed by atoms with E-state index in [4.69, 9.17) is 0 Å². The van der Waals surface area contributed by atoms with E-state index in [0.29, 0.717) is 0 Å². The summed E-state index contributed by atoms with van der Waals surface area (Å²) in [5, 5.41) is 6.25. The number of hydrogen-bond donors (Lipinski definition) is 0. The fourth-order valence-corrected chi connectivity index (χ4v) is 7.30. The van der Waals surface area contributed by atoms with Gasteiger partial charge in [0, 0.05) is 26.3 Å². The normalized spacial score (nSPS) is 10.8. The van der Waals surface area contributed by atoms with Gasteiger partial charge in [0.2, 0.25) is 12.7 Å². The van der Waals surface area contributed by atoms with E-state index < -0.39 is 12.0 Å². The summed E-state index contributed by atoms with van der Waals surface area (Å²) in [6, 6.07) is 65.7. The van der Waals surface area contributed by atoms with E-state index >= 15 is 0 Å². The van der Waals surface area contributed by atoms with E-state index in [1.54, 1.807) is 12.1 Å². The first-order valence-corrected chi connectivity index (χ1v) is 20.7. The van der Waals surface area contributed by atoms with Crippen LogP contribution in [0.4, 0.5) is 13.2 Å². The molecule has 0 aliphatic rings. The number of rotatable bonds is 7. The Hall–Kier alpha value is -7.53. The van der Waals surface area contributed by atoms with Gasteiger partial charge < -0.3 is 28.4 Å². The quantitative estimate of drug-likeness (QED) is 0.118. The first kappa shape index (κ1) is 46.5. The largest absolute Gasteiger partial charge is 0.429 e. The van der Waals surface area contributed by atoms with Crippen molar-refractivity contribution in [1.29, 1.82) is 0 Å². The number of pyridine rings is 1. The summed E-state index contributed by atoms with van der Waals surface area (Å²) in [6.07, 6.45) is 3.79. The fourth-order valence-electron chi connectivity index (χ4n) is 7.30. The number of aromatic nitrogens is 8. The molecular formula is C54H42F3IrN8-3. The SMILES string of the molecule is Cc1cc[c-]c(-n2[c-][n+](C)c(-c3ccccc3)c2-c2ccccc2)c1.Cc1cc[c-]c(-n2[c-][n+](C)c(-c3ccccc3)c2-c2ccccc2)c1.FC(F)(F)c1n[n-]c(-c2ccccn2)n1.[Ir]. The number of alkyl halides is 3. The molecule has 331 valence electrons. The van der Waals surface area contributed by atoms with Crippen LogP contribution in [0.15, 0.2) is 182 Å². The van der Waals surface area contributed by atoms with Gasteiger partial charge in [0.05, 0.1) is 42.6 Å². The molecule has 0 unspecified atom stereocenters. The molecule has 0 aliphatic carbocycles. The second kappa shape index (κ2) is 21.0. The van der Waals surface area contributed by atoms with E-state index in [1.807, 2.05) is 50.5 Å². The molecule has 0 saturated carbocycles. The van der Waals surface area contributed by atoms with Crippen molar-refractivity contribution in [3.05, 3.63) is 224 Å². The summed E-state index contributed by atoms with van der Waals surface area (Å²) in [4.78, 5) is 7.05. The van der Waals surface area contributed by atoms with Crippen molar-refractivity contribution in [2.45, 2.75) is 20.0 Å². The molecule has 10 aromatic rings. The summed E-state index contributed by atoms with van der Waals surface area (Å²) < 4.78 is 44.7. The summed E-state index contributed by atoms with van der Waals surface area (Å²) >= 11 is 0. The molecule has 4 heterocycles. The van der Waals surface area contributed by atoms with Crippen molar-refractivity contribution >= 4 is 0 Å². The summed E-state index contributed by atoms with van der Waals surface area (Å²) in [7, 11) is 4.09. The topological polar surface area (TPSA) is 70.4 Å². The average molecular weight is 1050 g/mol. The van der Waals surface area contributed by atoms with Gasteiger partial charge in [-0.2, -0.15) is 72.8 Å². The molecule has 0 N–H and O–H groups in total. The van der Waals surface area contributed by atoms with Crippen LogP contribution in [0.25, 0.3) is 67.9 Å². The Balaban J connectivity index is 0.000000151. The minimum Gasteiger partial charge on any atom is -0.413 e. The summed E-state index contributed by atoms with van der Waals surface area (Å²) in [5.41, 5.74) is 13.9. The molecule has 66 heavy (non-hydrogen) atoms. The number of nitrogens with zero attached hydrogens (tertiary/aromatic N) is 8. The van der Waals surface area contributed by atoms with Gasteiger partial charge in [-0.3, -0.25) is 10.1 Å². The van der Waals surface area contributed by atoms with Crippen molar-refractivity contribution in [2.24, 2.45) is 14.1 Å². The maximum Gasteiger partial charge on any atom is 0.429 e. The molecule has 8 nitrogen and oxygen atoms in total. The Morgan fingerprint density at radius 3 is 1.32 bits per heavy atom. The van der Waals surface area contributed by atoms with Gasteiger partial charge in [-0.25, -0.2) is 0 Å². The van der Waals surface area contributed by atoms with Crippen LogP contribution in [0.2, 0.25) is 0 Å². The zero-order chi connectivity index (χ0) is 45.3. The predicted molar refractivity (Wildman–Crippen MR) is 244 cm³/mol. The van der Waals surface area contributed by atoms with Gasteiger partial charge in [-0.05, 0) is 40.2 Å². The zero-order valence-corrected chi connectivity index (χ0v) is 38.8. The Morgan fingerprint density at radius 2 is 0.955 bits per heavy atom. The molecule has 0 aliphatic heterocycles. The Labute approximate surface area is 395 Å². The molecule has 1 radical (unpaired) electrons. The van der Waals surface area contributed by atoms with Gasteiger partial charge in [0.25, 0.3) is 0 Å². The zero-order valence-electron chi connectivity index (χ0n) is 36.4. The Kier molecular flexibility index (Phi) is 14.8. The van der Waals surface area contributed by atoms with Crippen LogP contribution in [0.3, 0.4) is 0 Å². The van der Waals surface area contributed by atoms with Crippen LogP contribution in [-0.2, 0) is 40.4 Å². The number of benzene rings is 6. The van der Waals surface area contributed by atoms with Gasteiger partial charge >= 0.3 is 6.18 Å². The molecule has 6 aromatic carbocycles. The van der Waals surface area contributed by atoms with Gasteiger partial charge in [0.1, 0.15) is 5.82 Å². The number of aryl methyl sites for hydroxylation is 4. The minimum atomic E-state index is -4.57. The van der Waals surface area contributed by atoms with E-state index in [2.05, 4.69) is 198 Å².